The van der Waals surface area contributed by atoms with Gasteiger partial charge in [0.2, 0.25) is 5.91 Å². The molecule has 122 valence electrons. The van der Waals surface area contributed by atoms with Crippen molar-refractivity contribution in [3.05, 3.63) is 29.8 Å². The summed E-state index contributed by atoms with van der Waals surface area (Å²) in [7, 11) is 0. The van der Waals surface area contributed by atoms with Crippen LogP contribution < -0.4 is 4.74 Å². The fourth-order valence-corrected chi connectivity index (χ4v) is 2.61. The molecule has 1 aliphatic rings. The minimum atomic E-state index is -0.313. The summed E-state index contributed by atoms with van der Waals surface area (Å²) >= 11 is 0. The maximum absolute atomic E-state index is 11.5. The van der Waals surface area contributed by atoms with Crippen LogP contribution >= 0.6 is 0 Å². The third-order valence-corrected chi connectivity index (χ3v) is 4.25. The molecule has 1 aromatic carbocycles. The predicted molar refractivity (Wildman–Crippen MR) is 87.0 cm³/mol. The van der Waals surface area contributed by atoms with E-state index >= 15 is 0 Å². The zero-order valence-corrected chi connectivity index (χ0v) is 13.9. The smallest absolute Gasteiger partial charge is 0.222 e. The first kappa shape index (κ1) is 16.8. The van der Waals surface area contributed by atoms with Crippen molar-refractivity contribution in [1.29, 1.82) is 0 Å². The van der Waals surface area contributed by atoms with Gasteiger partial charge in [0.15, 0.2) is 6.29 Å². The summed E-state index contributed by atoms with van der Waals surface area (Å²) in [5.74, 6) is 1.62. The van der Waals surface area contributed by atoms with E-state index in [0.717, 1.165) is 25.1 Å². The van der Waals surface area contributed by atoms with Crippen LogP contribution in [0.15, 0.2) is 24.3 Å². The Balaban J connectivity index is 1.72. The van der Waals surface area contributed by atoms with Gasteiger partial charge in [-0.05, 0) is 43.4 Å². The number of benzene rings is 1. The van der Waals surface area contributed by atoms with E-state index in [-0.39, 0.29) is 12.2 Å². The van der Waals surface area contributed by atoms with Gasteiger partial charge in [-0.3, -0.25) is 4.79 Å². The second kappa shape index (κ2) is 8.18. The number of hydrogen-bond donors (Lipinski definition) is 0. The number of likely N-dealkylation sites (tertiary alicyclic amines) is 1. The highest BCUT2D eigenvalue weighted by Crippen LogP contribution is 2.22. The molecule has 22 heavy (non-hydrogen) atoms. The number of ether oxygens (including phenoxy) is 2. The molecule has 2 unspecified atom stereocenters. The van der Waals surface area contributed by atoms with Gasteiger partial charge in [0.25, 0.3) is 0 Å². The lowest BCUT2D eigenvalue weighted by atomic mass is 9.99. The first-order valence-electron chi connectivity index (χ1n) is 8.26. The van der Waals surface area contributed by atoms with Crippen LogP contribution in [0.2, 0.25) is 0 Å². The number of carbonyl (C=O) groups excluding carboxylic acids is 1. The lowest BCUT2D eigenvalue weighted by Crippen LogP contribution is -2.30. The largest absolute Gasteiger partial charge is 0.465 e. The molecule has 2 atom stereocenters. The fraction of sp³-hybridized carbons (Fsp3) is 0.611. The van der Waals surface area contributed by atoms with Crippen molar-refractivity contribution in [3.8, 4) is 5.75 Å². The Labute approximate surface area is 133 Å². The summed E-state index contributed by atoms with van der Waals surface area (Å²) < 4.78 is 11.4. The van der Waals surface area contributed by atoms with Crippen molar-refractivity contribution in [3.63, 3.8) is 0 Å². The highest BCUT2D eigenvalue weighted by atomic mass is 16.7. The van der Waals surface area contributed by atoms with Crippen LogP contribution in [-0.2, 0) is 9.53 Å². The van der Waals surface area contributed by atoms with Crippen molar-refractivity contribution >= 4 is 5.91 Å². The summed E-state index contributed by atoms with van der Waals surface area (Å²) in [4.78, 5) is 13.3. The molecule has 1 amide bonds. The predicted octanol–water partition coefficient (Wildman–Crippen LogP) is 3.56. The maximum atomic E-state index is 11.5. The average Bonchev–Trinajstić information content (AvgIpc) is 2.92. The Kier molecular flexibility index (Phi) is 6.25. The molecule has 0 bridgehead atoms. The monoisotopic (exact) mass is 305 g/mol. The van der Waals surface area contributed by atoms with E-state index in [0.29, 0.717) is 25.5 Å². The molecule has 4 heteroatoms. The lowest BCUT2D eigenvalue weighted by Gasteiger charge is -2.19. The van der Waals surface area contributed by atoms with Crippen LogP contribution in [0.3, 0.4) is 0 Å². The molecule has 1 aromatic rings. The number of hydrogen-bond acceptors (Lipinski definition) is 3. The minimum Gasteiger partial charge on any atom is -0.465 e. The minimum absolute atomic E-state index is 0.234. The highest BCUT2D eigenvalue weighted by molar-refractivity contribution is 5.78. The first-order valence-corrected chi connectivity index (χ1v) is 8.26. The lowest BCUT2D eigenvalue weighted by molar-refractivity contribution is -0.130. The number of amides is 1. The molecule has 0 aromatic heterocycles. The quantitative estimate of drug-likeness (QED) is 0.689. The Morgan fingerprint density at radius 1 is 1.23 bits per heavy atom. The molecule has 1 aliphatic heterocycles. The molecule has 0 aliphatic carbocycles. The Morgan fingerprint density at radius 3 is 2.55 bits per heavy atom. The molecule has 0 spiro atoms. The second-order valence-corrected chi connectivity index (χ2v) is 5.92. The van der Waals surface area contributed by atoms with Crippen LogP contribution in [0.4, 0.5) is 0 Å². The van der Waals surface area contributed by atoms with E-state index in [1.807, 2.05) is 24.0 Å². The standard InChI is InChI=1S/C18H27NO3/c1-4-14(2)16-7-9-17(10-8-16)22-15(3)21-13-12-19-11-5-6-18(19)20/h7-10,14-15H,4-6,11-13H2,1-3H3. The SMILES string of the molecule is CCC(C)c1ccc(OC(C)OCCN2CCCC2=O)cc1. The topological polar surface area (TPSA) is 38.8 Å². The summed E-state index contributed by atoms with van der Waals surface area (Å²) in [6.45, 7) is 8.32. The first-order chi connectivity index (χ1) is 10.6. The average molecular weight is 305 g/mol. The molecule has 2 rings (SSSR count). The van der Waals surface area contributed by atoms with Gasteiger partial charge in [-0.25, -0.2) is 0 Å². The van der Waals surface area contributed by atoms with Gasteiger partial charge in [0.1, 0.15) is 5.75 Å². The van der Waals surface area contributed by atoms with Crippen LogP contribution in [-0.4, -0.2) is 36.8 Å². The third kappa shape index (κ3) is 4.73. The van der Waals surface area contributed by atoms with Gasteiger partial charge >= 0.3 is 0 Å². The molecule has 0 N–H and O–H groups in total. The van der Waals surface area contributed by atoms with Crippen LogP contribution in [0.5, 0.6) is 5.75 Å². The van der Waals surface area contributed by atoms with Crippen LogP contribution in [0.1, 0.15) is 51.5 Å². The molecule has 0 saturated carbocycles. The summed E-state index contributed by atoms with van der Waals surface area (Å²) in [5.41, 5.74) is 1.33. The Hall–Kier alpha value is -1.55. The van der Waals surface area contributed by atoms with Crippen molar-refractivity contribution in [2.24, 2.45) is 0 Å². The molecule has 1 heterocycles. The fourth-order valence-electron chi connectivity index (χ4n) is 2.61. The molecular weight excluding hydrogens is 278 g/mol. The second-order valence-electron chi connectivity index (χ2n) is 5.92. The number of rotatable bonds is 8. The van der Waals surface area contributed by atoms with E-state index in [4.69, 9.17) is 9.47 Å². The Bertz CT molecular complexity index is 472. The molecule has 1 fully saturated rings. The van der Waals surface area contributed by atoms with Gasteiger partial charge < -0.3 is 14.4 Å². The van der Waals surface area contributed by atoms with Gasteiger partial charge in [-0.1, -0.05) is 26.0 Å². The van der Waals surface area contributed by atoms with Crippen molar-refractivity contribution in [2.45, 2.75) is 52.2 Å². The number of nitrogens with zero attached hydrogens (tertiary/aromatic N) is 1. The highest BCUT2D eigenvalue weighted by Gasteiger charge is 2.19. The van der Waals surface area contributed by atoms with E-state index in [9.17, 15) is 4.79 Å². The van der Waals surface area contributed by atoms with Crippen LogP contribution in [0.25, 0.3) is 0 Å². The van der Waals surface area contributed by atoms with Crippen molar-refractivity contribution in [1.82, 2.24) is 4.90 Å². The van der Waals surface area contributed by atoms with Crippen LogP contribution in [0, 0.1) is 0 Å². The van der Waals surface area contributed by atoms with E-state index < -0.39 is 0 Å². The number of carbonyl (C=O) groups is 1. The zero-order valence-electron chi connectivity index (χ0n) is 13.9. The summed E-state index contributed by atoms with van der Waals surface area (Å²) in [6, 6.07) is 8.20. The van der Waals surface area contributed by atoms with Crippen molar-refractivity contribution < 1.29 is 14.3 Å². The normalized spacial score (nSPS) is 17.6. The van der Waals surface area contributed by atoms with Crippen molar-refractivity contribution in [2.75, 3.05) is 19.7 Å². The van der Waals surface area contributed by atoms with Gasteiger partial charge in [0.05, 0.1) is 6.61 Å². The Morgan fingerprint density at radius 2 is 1.95 bits per heavy atom. The van der Waals surface area contributed by atoms with E-state index in [2.05, 4.69) is 26.0 Å². The van der Waals surface area contributed by atoms with E-state index in [1.165, 1.54) is 5.56 Å². The summed E-state index contributed by atoms with van der Waals surface area (Å²) in [5, 5.41) is 0. The van der Waals surface area contributed by atoms with E-state index in [1.54, 1.807) is 0 Å². The van der Waals surface area contributed by atoms with Gasteiger partial charge in [-0.2, -0.15) is 0 Å². The molecule has 1 saturated heterocycles. The van der Waals surface area contributed by atoms with Gasteiger partial charge in [0, 0.05) is 19.5 Å². The molecular formula is C18H27NO3. The third-order valence-electron chi connectivity index (χ3n) is 4.25. The summed E-state index contributed by atoms with van der Waals surface area (Å²) in [6.07, 6.45) is 2.46. The molecule has 0 radical (unpaired) electrons. The van der Waals surface area contributed by atoms with Gasteiger partial charge in [-0.15, -0.1) is 0 Å². The molecule has 4 nitrogen and oxygen atoms in total. The maximum Gasteiger partial charge on any atom is 0.222 e. The zero-order chi connectivity index (χ0) is 15.9.